The maximum absolute atomic E-state index is 12.7. The largest absolute Gasteiger partial charge is 0.417 e. The van der Waals surface area contributed by atoms with Crippen LogP contribution in [0.5, 0.6) is 0 Å². The monoisotopic (exact) mass is 223 g/mol. The average Bonchev–Trinajstić information content (AvgIpc) is 2.29. The molecule has 2 nitrogen and oxygen atoms in total. The molecule has 1 aromatic carbocycles. The van der Waals surface area contributed by atoms with Crippen molar-refractivity contribution < 1.29 is 13.2 Å². The van der Waals surface area contributed by atoms with E-state index >= 15 is 0 Å². The molecule has 0 atom stereocenters. The van der Waals surface area contributed by atoms with Gasteiger partial charge < -0.3 is 0 Å². The molecular weight excluding hydrogens is 217 g/mol. The lowest BCUT2D eigenvalue weighted by atomic mass is 10.0. The summed E-state index contributed by atoms with van der Waals surface area (Å²) in [5.74, 6) is 0. The molecule has 0 saturated heterocycles. The second-order valence-electron chi connectivity index (χ2n) is 3.12. The van der Waals surface area contributed by atoms with Crippen LogP contribution in [0.1, 0.15) is 5.56 Å². The molecule has 0 unspecified atom stereocenters. The van der Waals surface area contributed by atoms with Crippen molar-refractivity contribution >= 4 is 0 Å². The van der Waals surface area contributed by atoms with Gasteiger partial charge in [-0.2, -0.15) is 13.2 Å². The molecule has 0 aliphatic heterocycles. The lowest BCUT2D eigenvalue weighted by Gasteiger charge is -2.11. The van der Waals surface area contributed by atoms with Crippen LogP contribution in [-0.4, -0.2) is 9.97 Å². The van der Waals surface area contributed by atoms with E-state index in [1.807, 2.05) is 0 Å². The van der Waals surface area contributed by atoms with Crippen LogP contribution in [0.2, 0.25) is 0 Å². The van der Waals surface area contributed by atoms with Crippen molar-refractivity contribution in [3.8, 4) is 11.1 Å². The van der Waals surface area contributed by atoms with E-state index in [0.29, 0.717) is 5.56 Å². The van der Waals surface area contributed by atoms with E-state index in [1.165, 1.54) is 24.5 Å². The van der Waals surface area contributed by atoms with Gasteiger partial charge in [0, 0.05) is 18.0 Å². The predicted octanol–water partition coefficient (Wildman–Crippen LogP) is 2.96. The van der Waals surface area contributed by atoms with Gasteiger partial charge in [-0.25, -0.2) is 9.97 Å². The Morgan fingerprint density at radius 3 is 2.25 bits per heavy atom. The minimum atomic E-state index is -4.38. The zero-order chi connectivity index (χ0) is 11.6. The van der Waals surface area contributed by atoms with Crippen molar-refractivity contribution in [3.05, 3.63) is 48.5 Å². The highest BCUT2D eigenvalue weighted by Crippen LogP contribution is 2.36. The number of hydrogen-bond donors (Lipinski definition) is 0. The highest BCUT2D eigenvalue weighted by Gasteiger charge is 2.33. The Hall–Kier alpha value is -1.91. The Morgan fingerprint density at radius 2 is 1.62 bits per heavy atom. The second-order valence-corrected chi connectivity index (χ2v) is 3.12. The third kappa shape index (κ3) is 2.03. The van der Waals surface area contributed by atoms with E-state index in [1.54, 1.807) is 6.07 Å². The number of hydrogen-bond acceptors (Lipinski definition) is 2. The van der Waals surface area contributed by atoms with Gasteiger partial charge in [-0.05, 0) is 11.6 Å². The zero-order valence-electron chi connectivity index (χ0n) is 7.99. The molecule has 5 heteroatoms. The molecule has 81 valence electrons. The van der Waals surface area contributed by atoms with Crippen LogP contribution in [0.3, 0.4) is 0 Å². The Labute approximate surface area is 89.8 Å². The van der Waals surface area contributed by atoms with Gasteiger partial charge in [-0.1, -0.05) is 18.2 Å². The van der Waals surface area contributed by atoms with Gasteiger partial charge in [-0.15, -0.1) is 0 Å². The minimum Gasteiger partial charge on any atom is -0.233 e. The summed E-state index contributed by atoms with van der Waals surface area (Å²) < 4.78 is 38.1. The third-order valence-corrected chi connectivity index (χ3v) is 2.07. The molecule has 0 spiro atoms. The highest BCUT2D eigenvalue weighted by molar-refractivity contribution is 5.66. The molecule has 1 radical (unpaired) electrons. The lowest BCUT2D eigenvalue weighted by Crippen LogP contribution is -2.06. The molecule has 16 heavy (non-hydrogen) atoms. The van der Waals surface area contributed by atoms with E-state index in [0.717, 1.165) is 6.07 Å². The van der Waals surface area contributed by atoms with Crippen LogP contribution in [0.25, 0.3) is 11.1 Å². The van der Waals surface area contributed by atoms with E-state index < -0.39 is 11.7 Å². The molecular formula is C11H6F3N2. The summed E-state index contributed by atoms with van der Waals surface area (Å²) in [6.45, 7) is 0. The van der Waals surface area contributed by atoms with Gasteiger partial charge in [0.2, 0.25) is 0 Å². The van der Waals surface area contributed by atoms with Crippen LogP contribution in [0, 0.1) is 6.33 Å². The summed E-state index contributed by atoms with van der Waals surface area (Å²) in [7, 11) is 0. The molecule has 0 saturated carbocycles. The first-order valence-electron chi connectivity index (χ1n) is 4.44. The molecule has 2 rings (SSSR count). The van der Waals surface area contributed by atoms with Crippen LogP contribution in [-0.2, 0) is 6.18 Å². The van der Waals surface area contributed by atoms with Gasteiger partial charge in [0.15, 0.2) is 6.33 Å². The number of aromatic nitrogens is 2. The van der Waals surface area contributed by atoms with Gasteiger partial charge in [-0.3, -0.25) is 0 Å². The molecule has 1 heterocycles. The Bertz CT molecular complexity index is 480. The maximum atomic E-state index is 12.7. The standard InChI is InChI=1S/C11H6F3N2/c12-11(13,14)10-4-2-1-3-9(10)8-5-15-7-16-6-8/h1-6H. The third-order valence-electron chi connectivity index (χ3n) is 2.07. The quantitative estimate of drug-likeness (QED) is 0.742. The first-order chi connectivity index (χ1) is 7.59. The van der Waals surface area contributed by atoms with Gasteiger partial charge >= 0.3 is 6.18 Å². The van der Waals surface area contributed by atoms with Crippen molar-refractivity contribution in [2.24, 2.45) is 0 Å². The predicted molar refractivity (Wildman–Crippen MR) is 51.3 cm³/mol. The first-order valence-corrected chi connectivity index (χ1v) is 4.44. The van der Waals surface area contributed by atoms with Crippen molar-refractivity contribution in [3.63, 3.8) is 0 Å². The summed E-state index contributed by atoms with van der Waals surface area (Å²) in [5.41, 5.74) is -0.291. The highest BCUT2D eigenvalue weighted by atomic mass is 19.4. The smallest absolute Gasteiger partial charge is 0.233 e. The zero-order valence-corrected chi connectivity index (χ0v) is 7.99. The van der Waals surface area contributed by atoms with Gasteiger partial charge in [0.05, 0.1) is 5.56 Å². The van der Waals surface area contributed by atoms with Crippen molar-refractivity contribution in [2.75, 3.05) is 0 Å². The minimum absolute atomic E-state index is 0.0731. The summed E-state index contributed by atoms with van der Waals surface area (Å²) >= 11 is 0. The Balaban J connectivity index is 2.58. The maximum Gasteiger partial charge on any atom is 0.417 e. The summed E-state index contributed by atoms with van der Waals surface area (Å²) in [6.07, 6.45) is 0.507. The van der Waals surface area contributed by atoms with E-state index in [4.69, 9.17) is 0 Å². The average molecular weight is 223 g/mol. The van der Waals surface area contributed by atoms with E-state index in [2.05, 4.69) is 16.3 Å². The summed E-state index contributed by atoms with van der Waals surface area (Å²) in [5, 5.41) is 0. The topological polar surface area (TPSA) is 25.8 Å². The Kier molecular flexibility index (Phi) is 2.60. The summed E-state index contributed by atoms with van der Waals surface area (Å²) in [4.78, 5) is 7.16. The molecule has 0 bridgehead atoms. The Morgan fingerprint density at radius 1 is 1.00 bits per heavy atom. The number of benzene rings is 1. The fourth-order valence-electron chi connectivity index (χ4n) is 1.38. The van der Waals surface area contributed by atoms with E-state index in [-0.39, 0.29) is 5.56 Å². The van der Waals surface area contributed by atoms with Crippen LogP contribution in [0.4, 0.5) is 13.2 Å². The SMILES string of the molecule is FC(F)(F)c1ccccc1-c1cn[c]nc1. The fourth-order valence-corrected chi connectivity index (χ4v) is 1.38. The molecule has 0 amide bonds. The van der Waals surface area contributed by atoms with Crippen LogP contribution in [0.15, 0.2) is 36.7 Å². The first kappa shape index (κ1) is 10.6. The normalized spacial score (nSPS) is 11.4. The number of nitrogens with zero attached hydrogens (tertiary/aromatic N) is 2. The van der Waals surface area contributed by atoms with Gasteiger partial charge in [0.25, 0.3) is 0 Å². The molecule has 1 aromatic heterocycles. The molecule has 2 aromatic rings. The molecule has 0 fully saturated rings. The van der Waals surface area contributed by atoms with Gasteiger partial charge in [0.1, 0.15) is 0 Å². The number of rotatable bonds is 1. The second kappa shape index (κ2) is 3.92. The molecule has 0 aliphatic rings. The van der Waals surface area contributed by atoms with Crippen LogP contribution >= 0.6 is 0 Å². The molecule has 0 aliphatic carbocycles. The lowest BCUT2D eigenvalue weighted by molar-refractivity contribution is -0.137. The summed E-state index contributed by atoms with van der Waals surface area (Å²) in [6, 6.07) is 5.32. The van der Waals surface area contributed by atoms with Crippen molar-refractivity contribution in [2.45, 2.75) is 6.18 Å². The fraction of sp³-hybridized carbons (Fsp3) is 0.0909. The molecule has 0 N–H and O–H groups in total. The van der Waals surface area contributed by atoms with Crippen molar-refractivity contribution in [1.82, 2.24) is 9.97 Å². The number of alkyl halides is 3. The van der Waals surface area contributed by atoms with E-state index in [9.17, 15) is 13.2 Å². The van der Waals surface area contributed by atoms with Crippen LogP contribution < -0.4 is 0 Å². The van der Waals surface area contributed by atoms with Crippen molar-refractivity contribution in [1.29, 1.82) is 0 Å². The number of halogens is 3.